The molecule has 18 heavy (non-hydrogen) atoms. The van der Waals surface area contributed by atoms with Crippen LogP contribution in [0.1, 0.15) is 57.3 Å². The van der Waals surface area contributed by atoms with Gasteiger partial charge in [-0.3, -0.25) is 0 Å². The lowest BCUT2D eigenvalue weighted by molar-refractivity contribution is -0.0258. The predicted molar refractivity (Wildman–Crippen MR) is 66.0 cm³/mol. The minimum atomic E-state index is -0.593. The second-order valence-electron chi connectivity index (χ2n) is 4.97. The highest BCUT2D eigenvalue weighted by Gasteiger charge is 2.31. The van der Waals surface area contributed by atoms with Crippen molar-refractivity contribution in [2.45, 2.75) is 58.2 Å². The Morgan fingerprint density at radius 3 is 2.89 bits per heavy atom. The van der Waals surface area contributed by atoms with Crippen molar-refractivity contribution in [3.8, 4) is 0 Å². The van der Waals surface area contributed by atoms with Gasteiger partial charge in [0, 0.05) is 13.0 Å². The molecular weight excluding hydrogens is 232 g/mol. The lowest BCUT2D eigenvalue weighted by Crippen LogP contribution is -2.32. The van der Waals surface area contributed by atoms with E-state index >= 15 is 0 Å². The third-order valence-electron chi connectivity index (χ3n) is 3.40. The Balaban J connectivity index is 1.77. The standard InChI is InChI=1S/C13H22N2O3/c1-3-5-11(16)13-14-12(18-15-13)8-9-6-10(7-9)17-4-2/h9-11,16H,3-8H2,1-2H3. The molecule has 0 radical (unpaired) electrons. The zero-order valence-electron chi connectivity index (χ0n) is 11.1. The molecule has 5 heteroatoms. The first kappa shape index (κ1) is 13.5. The molecule has 1 aliphatic carbocycles. The predicted octanol–water partition coefficient (Wildman–Crippen LogP) is 2.26. The molecule has 0 spiro atoms. The van der Waals surface area contributed by atoms with E-state index in [0.29, 0.717) is 30.2 Å². The summed E-state index contributed by atoms with van der Waals surface area (Å²) in [6, 6.07) is 0. The molecule has 1 N–H and O–H groups in total. The molecule has 1 aromatic heterocycles. The summed E-state index contributed by atoms with van der Waals surface area (Å²) in [5.41, 5.74) is 0. The van der Waals surface area contributed by atoms with Crippen LogP contribution in [0.25, 0.3) is 0 Å². The van der Waals surface area contributed by atoms with Gasteiger partial charge >= 0.3 is 0 Å². The summed E-state index contributed by atoms with van der Waals surface area (Å²) in [6.07, 6.45) is 4.35. The van der Waals surface area contributed by atoms with E-state index in [1.807, 2.05) is 13.8 Å². The number of nitrogens with zero attached hydrogens (tertiary/aromatic N) is 2. The van der Waals surface area contributed by atoms with Crippen molar-refractivity contribution in [3.63, 3.8) is 0 Å². The van der Waals surface area contributed by atoms with Crippen molar-refractivity contribution in [2.24, 2.45) is 5.92 Å². The maximum absolute atomic E-state index is 9.75. The van der Waals surface area contributed by atoms with Gasteiger partial charge in [0.25, 0.3) is 0 Å². The Morgan fingerprint density at radius 2 is 2.22 bits per heavy atom. The fourth-order valence-electron chi connectivity index (χ4n) is 2.35. The van der Waals surface area contributed by atoms with E-state index in [2.05, 4.69) is 10.1 Å². The second-order valence-corrected chi connectivity index (χ2v) is 4.97. The van der Waals surface area contributed by atoms with E-state index in [0.717, 1.165) is 32.3 Å². The Kier molecular flexibility index (Phi) is 4.72. The SMILES string of the molecule is CCCC(O)c1noc(CC2CC(OCC)C2)n1. The molecule has 1 heterocycles. The second kappa shape index (κ2) is 6.29. The first-order valence-electron chi connectivity index (χ1n) is 6.85. The largest absolute Gasteiger partial charge is 0.385 e. The van der Waals surface area contributed by atoms with Gasteiger partial charge in [0.05, 0.1) is 6.10 Å². The van der Waals surface area contributed by atoms with E-state index in [4.69, 9.17) is 9.26 Å². The van der Waals surface area contributed by atoms with Gasteiger partial charge < -0.3 is 14.4 Å². The van der Waals surface area contributed by atoms with E-state index < -0.39 is 6.10 Å². The van der Waals surface area contributed by atoms with Crippen molar-refractivity contribution < 1.29 is 14.4 Å². The van der Waals surface area contributed by atoms with Gasteiger partial charge in [-0.25, -0.2) is 0 Å². The van der Waals surface area contributed by atoms with Gasteiger partial charge in [0.1, 0.15) is 6.10 Å². The van der Waals surface area contributed by atoms with Crippen molar-refractivity contribution >= 4 is 0 Å². The van der Waals surface area contributed by atoms with E-state index in [9.17, 15) is 5.11 Å². The van der Waals surface area contributed by atoms with Crippen LogP contribution in [0, 0.1) is 5.92 Å². The van der Waals surface area contributed by atoms with E-state index in [1.165, 1.54) is 0 Å². The fourth-order valence-corrected chi connectivity index (χ4v) is 2.35. The molecule has 0 saturated heterocycles. The Labute approximate surface area is 108 Å². The number of aromatic nitrogens is 2. The summed E-state index contributed by atoms with van der Waals surface area (Å²) in [6.45, 7) is 4.82. The average molecular weight is 254 g/mol. The molecule has 0 aliphatic heterocycles. The van der Waals surface area contributed by atoms with Crippen molar-refractivity contribution in [3.05, 3.63) is 11.7 Å². The van der Waals surface area contributed by atoms with Gasteiger partial charge in [-0.05, 0) is 32.1 Å². The number of hydrogen-bond donors (Lipinski definition) is 1. The minimum Gasteiger partial charge on any atom is -0.385 e. The molecule has 0 amide bonds. The molecule has 2 rings (SSSR count). The number of ether oxygens (including phenoxy) is 1. The number of hydrogen-bond acceptors (Lipinski definition) is 5. The number of aliphatic hydroxyl groups is 1. The third kappa shape index (κ3) is 3.29. The monoisotopic (exact) mass is 254 g/mol. The van der Waals surface area contributed by atoms with Gasteiger partial charge in [-0.15, -0.1) is 0 Å². The maximum Gasteiger partial charge on any atom is 0.227 e. The highest BCUT2D eigenvalue weighted by molar-refractivity contribution is 4.94. The summed E-state index contributed by atoms with van der Waals surface area (Å²) in [5.74, 6) is 1.64. The Hall–Kier alpha value is -0.940. The molecule has 1 fully saturated rings. The van der Waals surface area contributed by atoms with Gasteiger partial charge in [-0.2, -0.15) is 4.98 Å². The molecule has 102 valence electrons. The first-order chi connectivity index (χ1) is 8.72. The summed E-state index contributed by atoms with van der Waals surface area (Å²) >= 11 is 0. The molecule has 0 aromatic carbocycles. The molecular formula is C13H22N2O3. The molecule has 1 atom stereocenters. The van der Waals surface area contributed by atoms with Crippen LogP contribution in [-0.2, 0) is 11.2 Å². The molecule has 5 nitrogen and oxygen atoms in total. The van der Waals surface area contributed by atoms with Crippen molar-refractivity contribution in [1.29, 1.82) is 0 Å². The van der Waals surface area contributed by atoms with Gasteiger partial charge in [0.2, 0.25) is 5.89 Å². The topological polar surface area (TPSA) is 68.4 Å². The Morgan fingerprint density at radius 1 is 1.44 bits per heavy atom. The van der Waals surface area contributed by atoms with Crippen LogP contribution in [0.2, 0.25) is 0 Å². The number of aliphatic hydroxyl groups excluding tert-OH is 1. The zero-order chi connectivity index (χ0) is 13.0. The van der Waals surface area contributed by atoms with Crippen LogP contribution >= 0.6 is 0 Å². The van der Waals surface area contributed by atoms with Gasteiger partial charge in [0.15, 0.2) is 5.82 Å². The van der Waals surface area contributed by atoms with Crippen molar-refractivity contribution in [2.75, 3.05) is 6.61 Å². The van der Waals surface area contributed by atoms with E-state index in [1.54, 1.807) is 0 Å². The van der Waals surface area contributed by atoms with Crippen LogP contribution in [-0.4, -0.2) is 28.0 Å². The zero-order valence-corrected chi connectivity index (χ0v) is 11.1. The molecule has 1 saturated carbocycles. The maximum atomic E-state index is 9.75. The highest BCUT2D eigenvalue weighted by atomic mass is 16.5. The summed E-state index contributed by atoms with van der Waals surface area (Å²) in [4.78, 5) is 4.25. The molecule has 1 aliphatic rings. The van der Waals surface area contributed by atoms with E-state index in [-0.39, 0.29) is 0 Å². The van der Waals surface area contributed by atoms with Crippen LogP contribution in [0.5, 0.6) is 0 Å². The van der Waals surface area contributed by atoms with Gasteiger partial charge in [-0.1, -0.05) is 18.5 Å². The lowest BCUT2D eigenvalue weighted by atomic mass is 9.80. The quantitative estimate of drug-likeness (QED) is 0.808. The lowest BCUT2D eigenvalue weighted by Gasteiger charge is -2.33. The summed E-state index contributed by atoms with van der Waals surface area (Å²) < 4.78 is 10.7. The Bertz CT molecular complexity index is 361. The van der Waals surface area contributed by atoms with Crippen LogP contribution < -0.4 is 0 Å². The minimum absolute atomic E-state index is 0.410. The highest BCUT2D eigenvalue weighted by Crippen LogP contribution is 2.32. The summed E-state index contributed by atoms with van der Waals surface area (Å²) in [5, 5.41) is 13.6. The number of rotatable bonds is 7. The molecule has 0 bridgehead atoms. The fraction of sp³-hybridized carbons (Fsp3) is 0.846. The normalized spacial score (nSPS) is 24.8. The average Bonchev–Trinajstić information content (AvgIpc) is 2.75. The molecule has 1 aromatic rings. The first-order valence-corrected chi connectivity index (χ1v) is 6.85. The third-order valence-corrected chi connectivity index (χ3v) is 3.40. The van der Waals surface area contributed by atoms with Crippen LogP contribution in [0.3, 0.4) is 0 Å². The smallest absolute Gasteiger partial charge is 0.227 e. The molecule has 1 unspecified atom stereocenters. The summed E-state index contributed by atoms with van der Waals surface area (Å²) in [7, 11) is 0. The van der Waals surface area contributed by atoms with Crippen LogP contribution in [0.4, 0.5) is 0 Å². The van der Waals surface area contributed by atoms with Crippen LogP contribution in [0.15, 0.2) is 4.52 Å². The van der Waals surface area contributed by atoms with Crippen molar-refractivity contribution in [1.82, 2.24) is 10.1 Å².